The quantitative estimate of drug-likeness (QED) is 0.144. The minimum Gasteiger partial charge on any atom is -0.423 e. The number of hydrogen-bond donors (Lipinski definition) is 0. The lowest BCUT2D eigenvalue weighted by Gasteiger charge is -2.34. The summed E-state index contributed by atoms with van der Waals surface area (Å²) in [7, 11) is 0. The first-order valence-corrected chi connectivity index (χ1v) is 14.9. The molecule has 0 fully saturated rings. The third kappa shape index (κ3) is 5.00. The van der Waals surface area contributed by atoms with Gasteiger partial charge < -0.3 is 9.47 Å². The lowest BCUT2D eigenvalue weighted by Crippen LogP contribution is -2.28. The molecule has 0 unspecified atom stereocenters. The van der Waals surface area contributed by atoms with Gasteiger partial charge in [-0.2, -0.15) is 0 Å². The van der Waals surface area contributed by atoms with E-state index in [0.29, 0.717) is 22.6 Å². The molecular weight excluding hydrogens is 556 g/mol. The second kappa shape index (κ2) is 11.4. The van der Waals surface area contributed by atoms with E-state index in [2.05, 4.69) is 48.5 Å². The average molecular weight is 587 g/mol. The van der Waals surface area contributed by atoms with Crippen LogP contribution >= 0.6 is 0 Å². The van der Waals surface area contributed by atoms with Crippen molar-refractivity contribution in [2.75, 3.05) is 0 Å². The van der Waals surface area contributed by atoms with Gasteiger partial charge >= 0.3 is 11.9 Å². The molecule has 1 aliphatic carbocycles. The number of rotatable bonds is 6. The Balaban J connectivity index is 1.28. The van der Waals surface area contributed by atoms with Gasteiger partial charge in [-0.15, -0.1) is 0 Å². The first-order chi connectivity index (χ1) is 21.9. The van der Waals surface area contributed by atoms with E-state index in [1.54, 1.807) is 24.3 Å². The van der Waals surface area contributed by atoms with Crippen LogP contribution in [0.3, 0.4) is 0 Å². The van der Waals surface area contributed by atoms with Crippen molar-refractivity contribution in [3.8, 4) is 22.6 Å². The maximum Gasteiger partial charge on any atom is 0.343 e. The third-order valence-electron chi connectivity index (χ3n) is 8.52. The van der Waals surface area contributed by atoms with Crippen LogP contribution in [-0.2, 0) is 5.41 Å². The summed E-state index contributed by atoms with van der Waals surface area (Å²) >= 11 is 0. The number of carbonyl (C=O) groups excluding carboxylic acids is 2. The van der Waals surface area contributed by atoms with Gasteiger partial charge in [0.05, 0.1) is 16.5 Å². The predicted octanol–water partition coefficient (Wildman–Crippen LogP) is 9.10. The van der Waals surface area contributed by atoms with Crippen molar-refractivity contribution in [2.45, 2.75) is 19.3 Å². The summed E-state index contributed by atoms with van der Waals surface area (Å²) in [4.78, 5) is 25.7. The van der Waals surface area contributed by atoms with Crippen LogP contribution < -0.4 is 9.47 Å². The molecule has 7 rings (SSSR count). The van der Waals surface area contributed by atoms with Gasteiger partial charge in [0.1, 0.15) is 11.5 Å². The Bertz CT molecular complexity index is 1870. The van der Waals surface area contributed by atoms with Crippen molar-refractivity contribution in [1.82, 2.24) is 0 Å². The molecule has 218 valence electrons. The van der Waals surface area contributed by atoms with Crippen LogP contribution in [-0.4, -0.2) is 11.9 Å². The number of ether oxygens (including phenoxy) is 2. The Labute approximate surface area is 262 Å². The molecule has 4 heteroatoms. The number of aryl methyl sites for hydroxylation is 2. The molecule has 0 saturated heterocycles. The molecule has 0 saturated carbocycles. The molecule has 0 spiro atoms. The Morgan fingerprint density at radius 3 is 1.18 bits per heavy atom. The molecule has 6 aromatic carbocycles. The maximum absolute atomic E-state index is 12.8. The Morgan fingerprint density at radius 1 is 0.444 bits per heavy atom. The molecule has 0 radical (unpaired) electrons. The Kier molecular flexibility index (Phi) is 7.11. The van der Waals surface area contributed by atoms with Crippen molar-refractivity contribution >= 4 is 11.9 Å². The normalized spacial score (nSPS) is 12.6. The fourth-order valence-corrected chi connectivity index (χ4v) is 6.28. The fourth-order valence-electron chi connectivity index (χ4n) is 6.28. The monoisotopic (exact) mass is 586 g/mol. The molecule has 0 amide bonds. The number of benzene rings is 6. The van der Waals surface area contributed by atoms with Gasteiger partial charge in [0.15, 0.2) is 0 Å². The predicted molar refractivity (Wildman–Crippen MR) is 176 cm³/mol. The molecule has 0 bridgehead atoms. The van der Waals surface area contributed by atoms with E-state index in [1.807, 2.05) is 86.6 Å². The van der Waals surface area contributed by atoms with Gasteiger partial charge in [-0.3, -0.25) is 0 Å². The van der Waals surface area contributed by atoms with E-state index >= 15 is 0 Å². The van der Waals surface area contributed by atoms with Gasteiger partial charge in [-0.25, -0.2) is 9.59 Å². The lowest BCUT2D eigenvalue weighted by molar-refractivity contribution is 0.0725. The minimum atomic E-state index is -0.647. The molecule has 0 N–H and O–H groups in total. The van der Waals surface area contributed by atoms with Gasteiger partial charge in [0, 0.05) is 0 Å². The zero-order chi connectivity index (χ0) is 31.0. The number of fused-ring (bicyclic) bond motifs is 3. The maximum atomic E-state index is 12.8. The highest BCUT2D eigenvalue weighted by Gasteiger charge is 2.45. The second-order valence-electron chi connectivity index (χ2n) is 11.4. The van der Waals surface area contributed by atoms with E-state index in [1.165, 1.54) is 0 Å². The second-order valence-corrected chi connectivity index (χ2v) is 11.4. The van der Waals surface area contributed by atoms with Crippen LogP contribution in [0, 0.1) is 13.8 Å². The highest BCUT2D eigenvalue weighted by molar-refractivity contribution is 5.92. The topological polar surface area (TPSA) is 52.6 Å². The minimum absolute atomic E-state index is 0.398. The summed E-state index contributed by atoms with van der Waals surface area (Å²) in [5, 5.41) is 0. The third-order valence-corrected chi connectivity index (χ3v) is 8.52. The van der Waals surface area contributed by atoms with Crippen LogP contribution in [0.4, 0.5) is 0 Å². The van der Waals surface area contributed by atoms with E-state index < -0.39 is 17.4 Å². The first-order valence-electron chi connectivity index (χ1n) is 14.9. The molecule has 4 nitrogen and oxygen atoms in total. The van der Waals surface area contributed by atoms with Crippen molar-refractivity contribution in [1.29, 1.82) is 0 Å². The van der Waals surface area contributed by atoms with Gasteiger partial charge in [0.25, 0.3) is 0 Å². The van der Waals surface area contributed by atoms with Gasteiger partial charge in [-0.05, 0) is 95.8 Å². The summed E-state index contributed by atoms with van der Waals surface area (Å²) < 4.78 is 11.5. The van der Waals surface area contributed by atoms with Crippen LogP contribution in [0.2, 0.25) is 0 Å². The van der Waals surface area contributed by atoms with Crippen molar-refractivity contribution in [3.63, 3.8) is 0 Å². The van der Waals surface area contributed by atoms with Crippen LogP contribution in [0.5, 0.6) is 11.5 Å². The number of esters is 2. The number of carbonyl (C=O) groups is 2. The molecule has 0 heterocycles. The van der Waals surface area contributed by atoms with Crippen LogP contribution in [0.25, 0.3) is 11.1 Å². The van der Waals surface area contributed by atoms with Crippen molar-refractivity contribution in [3.05, 3.63) is 190 Å². The Morgan fingerprint density at radius 2 is 0.800 bits per heavy atom. The molecule has 1 aliphatic rings. The fraction of sp³-hybridized carbons (Fsp3) is 0.0732. The van der Waals surface area contributed by atoms with E-state index in [4.69, 9.17) is 9.47 Å². The Hall–Kier alpha value is -5.74. The summed E-state index contributed by atoms with van der Waals surface area (Å²) in [6.45, 7) is 3.96. The average Bonchev–Trinajstić information content (AvgIpc) is 3.37. The van der Waals surface area contributed by atoms with Gasteiger partial charge in [0.2, 0.25) is 0 Å². The van der Waals surface area contributed by atoms with E-state index in [0.717, 1.165) is 44.5 Å². The largest absolute Gasteiger partial charge is 0.423 e. The smallest absolute Gasteiger partial charge is 0.343 e. The van der Waals surface area contributed by atoms with Crippen LogP contribution in [0.15, 0.2) is 146 Å². The van der Waals surface area contributed by atoms with Crippen molar-refractivity contribution < 1.29 is 19.1 Å². The van der Waals surface area contributed by atoms with E-state index in [9.17, 15) is 9.59 Å². The van der Waals surface area contributed by atoms with E-state index in [-0.39, 0.29) is 0 Å². The molecular formula is C41H30O4. The number of hydrogen-bond acceptors (Lipinski definition) is 4. The molecule has 0 aromatic heterocycles. The standard InChI is InChI=1S/C41H30O4/c1-27-11-15-29(16-12-27)39(42)44-33-23-19-31(20-24-33)41(37-9-5-3-7-35(37)36-8-4-6-10-38(36)41)32-21-25-34(26-22-32)45-40(43)30-17-13-28(2)14-18-30/h3-26H,1-2H3. The zero-order valence-corrected chi connectivity index (χ0v) is 25.0. The first kappa shape index (κ1) is 28.1. The summed E-state index contributed by atoms with van der Waals surface area (Å²) in [5.41, 5.74) is 9.21. The molecule has 0 aliphatic heterocycles. The summed E-state index contributed by atoms with van der Waals surface area (Å²) in [5.74, 6) is 0.143. The molecule has 45 heavy (non-hydrogen) atoms. The summed E-state index contributed by atoms with van der Waals surface area (Å²) in [6.07, 6.45) is 0. The van der Waals surface area contributed by atoms with Crippen LogP contribution in [0.1, 0.15) is 54.1 Å². The lowest BCUT2D eigenvalue weighted by atomic mass is 9.68. The molecule has 6 aromatic rings. The zero-order valence-electron chi connectivity index (χ0n) is 25.0. The summed E-state index contributed by atoms with van der Waals surface area (Å²) in [6, 6.07) is 47.1. The SMILES string of the molecule is Cc1ccc(C(=O)Oc2ccc(C3(c4ccc(OC(=O)c5ccc(C)cc5)cc4)c4ccccc4-c4ccccc43)cc2)cc1. The highest BCUT2D eigenvalue weighted by atomic mass is 16.5. The van der Waals surface area contributed by atoms with Gasteiger partial charge in [-0.1, -0.05) is 108 Å². The molecule has 0 atom stereocenters. The highest BCUT2D eigenvalue weighted by Crippen LogP contribution is 2.56. The van der Waals surface area contributed by atoms with Crippen molar-refractivity contribution in [2.24, 2.45) is 0 Å².